The van der Waals surface area contributed by atoms with E-state index in [1.165, 1.54) is 26.6 Å². The minimum absolute atomic E-state index is 0. The van der Waals surface area contributed by atoms with E-state index < -0.39 is 17.5 Å². The van der Waals surface area contributed by atoms with E-state index in [1.54, 1.807) is 82.4 Å². The molecule has 0 bridgehead atoms. The molecular formula is C45H57ClN8O10. The predicted molar refractivity (Wildman–Crippen MR) is 241 cm³/mol. The summed E-state index contributed by atoms with van der Waals surface area (Å²) in [5.74, 6) is 0.476. The number of pyridine rings is 2. The van der Waals surface area contributed by atoms with Crippen LogP contribution in [0.1, 0.15) is 52.9 Å². The largest absolute Gasteiger partial charge is 0.497 e. The van der Waals surface area contributed by atoms with Crippen LogP contribution in [-0.2, 0) is 27.3 Å². The van der Waals surface area contributed by atoms with Crippen LogP contribution in [-0.4, -0.2) is 141 Å². The van der Waals surface area contributed by atoms with Crippen molar-refractivity contribution in [1.29, 1.82) is 0 Å². The lowest BCUT2D eigenvalue weighted by Gasteiger charge is -2.38. The van der Waals surface area contributed by atoms with Gasteiger partial charge in [0, 0.05) is 76.1 Å². The molecule has 18 nitrogen and oxygen atoms in total. The minimum Gasteiger partial charge on any atom is -0.497 e. The molecule has 0 spiro atoms. The molecule has 6 rings (SSSR count). The van der Waals surface area contributed by atoms with Gasteiger partial charge < -0.3 is 43.7 Å². The van der Waals surface area contributed by atoms with Crippen LogP contribution in [0.5, 0.6) is 11.5 Å². The second kappa shape index (κ2) is 23.7. The van der Waals surface area contributed by atoms with Crippen molar-refractivity contribution in [2.75, 3.05) is 90.6 Å². The van der Waals surface area contributed by atoms with Gasteiger partial charge in [0.1, 0.15) is 17.1 Å². The normalized spacial score (nSPS) is 13.5. The van der Waals surface area contributed by atoms with Crippen molar-refractivity contribution in [2.45, 2.75) is 39.5 Å². The summed E-state index contributed by atoms with van der Waals surface area (Å²) in [5.41, 5.74) is 2.83. The lowest BCUT2D eigenvalue weighted by Crippen LogP contribution is -2.54. The van der Waals surface area contributed by atoms with Crippen LogP contribution in [0.2, 0.25) is 0 Å². The maximum atomic E-state index is 13.6. The standard InChI is InChI=1S/C25H32N4O6.C20H24N4O4.ClH/c1-25(2,3)35-24(32)28-14-12-27(13-15-28)23(31)29(20-8-10-21(33-4)11-9-20)17-19-7-6-18(16-26-19)22(30)34-5;1-27-18-7-5-17(6-8-18)24(20(26)23-11-9-21-10-12-23)14-16-4-3-15(13-22-16)19(25)28-2;/h6-11,16H,12-15,17H2,1-5H3;3-8,13,21H,9-12,14H2,1-2H3;1H. The second-order valence-corrected chi connectivity index (χ2v) is 15.4. The third-order valence-electron chi connectivity index (χ3n) is 9.95. The molecule has 0 unspecified atom stereocenters. The Labute approximate surface area is 379 Å². The summed E-state index contributed by atoms with van der Waals surface area (Å²) in [7, 11) is 5.82. The lowest BCUT2D eigenvalue weighted by atomic mass is 10.2. The van der Waals surface area contributed by atoms with Crippen molar-refractivity contribution < 1.29 is 47.7 Å². The number of carbonyl (C=O) groups is 5. The van der Waals surface area contributed by atoms with Crippen LogP contribution in [0, 0.1) is 0 Å². The molecule has 4 aromatic rings. The van der Waals surface area contributed by atoms with Crippen LogP contribution in [0.25, 0.3) is 0 Å². The van der Waals surface area contributed by atoms with Crippen LogP contribution in [0.3, 0.4) is 0 Å². The number of nitrogens with zero attached hydrogens (tertiary/aromatic N) is 7. The molecule has 1 N–H and O–H groups in total. The SMILES string of the molecule is COC(=O)c1ccc(CN(C(=O)N2CCN(C(=O)OC(C)(C)C)CC2)c2ccc(OC)cc2)nc1.COC(=O)c1ccc(CN(C(=O)N2CCNCC2)c2ccc(OC)cc2)nc1.Cl. The van der Waals surface area contributed by atoms with Gasteiger partial charge in [-0.25, -0.2) is 24.0 Å². The highest BCUT2D eigenvalue weighted by Gasteiger charge is 2.31. The molecule has 5 amide bonds. The molecule has 2 aliphatic rings. The van der Waals surface area contributed by atoms with E-state index in [-0.39, 0.29) is 43.7 Å². The summed E-state index contributed by atoms with van der Waals surface area (Å²) in [6.07, 6.45) is 2.51. The van der Waals surface area contributed by atoms with Crippen molar-refractivity contribution in [3.8, 4) is 11.5 Å². The fourth-order valence-corrected chi connectivity index (χ4v) is 6.50. The Kier molecular flexibility index (Phi) is 18.5. The van der Waals surface area contributed by atoms with Gasteiger partial charge in [-0.3, -0.25) is 19.8 Å². The number of halogens is 1. The van der Waals surface area contributed by atoms with Crippen LogP contribution < -0.4 is 24.6 Å². The van der Waals surface area contributed by atoms with Crippen molar-refractivity contribution in [1.82, 2.24) is 30.0 Å². The number of nitrogens with one attached hydrogen (secondary N) is 1. The Hall–Kier alpha value is -6.66. The first-order valence-corrected chi connectivity index (χ1v) is 20.4. The summed E-state index contributed by atoms with van der Waals surface area (Å²) in [6.45, 7) is 10.3. The molecule has 344 valence electrons. The van der Waals surface area contributed by atoms with Gasteiger partial charge in [0.2, 0.25) is 0 Å². The molecule has 2 fully saturated rings. The topological polar surface area (TPSA) is 186 Å². The number of hydrogen-bond donors (Lipinski definition) is 1. The van der Waals surface area contributed by atoms with Gasteiger partial charge in [0.25, 0.3) is 0 Å². The first-order chi connectivity index (χ1) is 30.2. The Bertz CT molecular complexity index is 2140. The number of ether oxygens (including phenoxy) is 5. The highest BCUT2D eigenvalue weighted by molar-refractivity contribution is 5.93. The van der Waals surface area contributed by atoms with Crippen molar-refractivity contribution in [3.63, 3.8) is 0 Å². The number of esters is 2. The van der Waals surface area contributed by atoms with E-state index in [1.807, 2.05) is 49.9 Å². The molecule has 2 aliphatic heterocycles. The molecule has 19 heteroatoms. The number of rotatable bonds is 10. The summed E-state index contributed by atoms with van der Waals surface area (Å²) in [5, 5.41) is 3.25. The lowest BCUT2D eigenvalue weighted by molar-refractivity contribution is 0.0171. The Morgan fingerprint density at radius 3 is 1.31 bits per heavy atom. The number of aromatic nitrogens is 2. The quantitative estimate of drug-likeness (QED) is 0.147. The Balaban J connectivity index is 0.000000283. The monoisotopic (exact) mass is 904 g/mol. The zero-order valence-corrected chi connectivity index (χ0v) is 38.1. The zero-order valence-electron chi connectivity index (χ0n) is 37.3. The molecular weight excluding hydrogens is 848 g/mol. The third kappa shape index (κ3) is 13.9. The molecule has 2 aromatic heterocycles. The molecule has 64 heavy (non-hydrogen) atoms. The Morgan fingerprint density at radius 1 is 0.578 bits per heavy atom. The summed E-state index contributed by atoms with van der Waals surface area (Å²) >= 11 is 0. The van der Waals surface area contributed by atoms with E-state index in [4.69, 9.17) is 23.7 Å². The average Bonchev–Trinajstić information content (AvgIpc) is 3.32. The number of anilines is 2. The predicted octanol–water partition coefficient (Wildman–Crippen LogP) is 5.89. The average molecular weight is 905 g/mol. The molecule has 4 heterocycles. The van der Waals surface area contributed by atoms with Crippen molar-refractivity contribution in [3.05, 3.63) is 108 Å². The molecule has 2 aromatic carbocycles. The number of carbonyl (C=O) groups excluding carboxylic acids is 5. The third-order valence-corrected chi connectivity index (χ3v) is 9.95. The summed E-state index contributed by atoms with van der Waals surface area (Å²) in [4.78, 5) is 79.5. The van der Waals surface area contributed by atoms with Gasteiger partial charge in [-0.05, 0) is 93.6 Å². The number of piperazine rings is 2. The van der Waals surface area contributed by atoms with E-state index in [0.29, 0.717) is 73.2 Å². The smallest absolute Gasteiger partial charge is 0.410 e. The highest BCUT2D eigenvalue weighted by Crippen LogP contribution is 2.25. The van der Waals surface area contributed by atoms with Gasteiger partial charge in [0.05, 0.1) is 64.0 Å². The molecule has 0 atom stereocenters. The number of hydrogen-bond acceptors (Lipinski definition) is 13. The number of amides is 5. The minimum atomic E-state index is -0.578. The van der Waals surface area contributed by atoms with E-state index >= 15 is 0 Å². The maximum absolute atomic E-state index is 13.6. The fraction of sp³-hybridized carbons (Fsp3) is 0.400. The van der Waals surface area contributed by atoms with E-state index in [2.05, 4.69) is 15.3 Å². The van der Waals surface area contributed by atoms with E-state index in [9.17, 15) is 24.0 Å². The molecule has 0 radical (unpaired) electrons. The number of urea groups is 2. The second-order valence-electron chi connectivity index (χ2n) is 15.4. The highest BCUT2D eigenvalue weighted by atomic mass is 35.5. The van der Waals surface area contributed by atoms with E-state index in [0.717, 1.165) is 24.5 Å². The van der Waals surface area contributed by atoms with Gasteiger partial charge in [0.15, 0.2) is 0 Å². The maximum Gasteiger partial charge on any atom is 0.410 e. The van der Waals surface area contributed by atoms with Gasteiger partial charge in [-0.1, -0.05) is 0 Å². The van der Waals surface area contributed by atoms with Crippen LogP contribution in [0.15, 0.2) is 85.2 Å². The molecule has 2 saturated heterocycles. The van der Waals surface area contributed by atoms with Crippen LogP contribution in [0.4, 0.5) is 25.8 Å². The van der Waals surface area contributed by atoms with Gasteiger partial charge >= 0.3 is 30.1 Å². The number of methoxy groups -OCH3 is 4. The number of benzene rings is 2. The molecule has 0 aliphatic carbocycles. The summed E-state index contributed by atoms with van der Waals surface area (Å²) < 4.78 is 25.3. The van der Waals surface area contributed by atoms with Gasteiger partial charge in [-0.2, -0.15) is 0 Å². The fourth-order valence-electron chi connectivity index (χ4n) is 6.50. The first-order valence-electron chi connectivity index (χ1n) is 20.4. The van der Waals surface area contributed by atoms with Gasteiger partial charge in [-0.15, -0.1) is 12.4 Å². The Morgan fingerprint density at radius 2 is 0.969 bits per heavy atom. The molecule has 0 saturated carbocycles. The van der Waals surface area contributed by atoms with Crippen LogP contribution >= 0.6 is 12.4 Å². The zero-order chi connectivity index (χ0) is 45.5. The van der Waals surface area contributed by atoms with Crippen molar-refractivity contribution >= 4 is 53.9 Å². The summed E-state index contributed by atoms with van der Waals surface area (Å²) in [6, 6.07) is 20.9. The van der Waals surface area contributed by atoms with Crippen molar-refractivity contribution in [2.24, 2.45) is 0 Å². The first kappa shape index (κ1) is 50.0.